The van der Waals surface area contributed by atoms with E-state index in [1.54, 1.807) is 6.20 Å². The number of amides is 1. The van der Waals surface area contributed by atoms with Gasteiger partial charge in [-0.1, -0.05) is 0 Å². The van der Waals surface area contributed by atoms with Crippen molar-refractivity contribution >= 4 is 11.6 Å². The number of rotatable bonds is 3. The van der Waals surface area contributed by atoms with Crippen molar-refractivity contribution in [2.45, 2.75) is 31.8 Å². The second-order valence-corrected chi connectivity index (χ2v) is 4.32. The van der Waals surface area contributed by atoms with Crippen LogP contribution in [0.4, 0.5) is 5.69 Å². The van der Waals surface area contributed by atoms with E-state index in [9.17, 15) is 4.79 Å². The Morgan fingerprint density at radius 2 is 2.35 bits per heavy atom. The first-order valence-electron chi connectivity index (χ1n) is 5.93. The van der Waals surface area contributed by atoms with Crippen molar-refractivity contribution in [2.24, 2.45) is 11.5 Å². The van der Waals surface area contributed by atoms with Crippen LogP contribution in [-0.2, 0) is 11.3 Å². The van der Waals surface area contributed by atoms with Crippen molar-refractivity contribution in [3.63, 3.8) is 0 Å². The smallest absolute Gasteiger partial charge is 0.240 e. The van der Waals surface area contributed by atoms with Gasteiger partial charge in [-0.25, -0.2) is 0 Å². The van der Waals surface area contributed by atoms with E-state index in [1.165, 1.54) is 0 Å². The number of nitrogens with zero attached hydrogens (tertiary/aromatic N) is 2. The molecule has 1 saturated heterocycles. The normalized spacial score (nSPS) is 20.3. The Balaban J connectivity index is 2.26. The maximum Gasteiger partial charge on any atom is 0.240 e. The average molecular weight is 234 g/mol. The largest absolute Gasteiger partial charge is 0.368 e. The average Bonchev–Trinajstić information content (AvgIpc) is 2.39. The highest BCUT2D eigenvalue weighted by molar-refractivity contribution is 5.83. The van der Waals surface area contributed by atoms with Crippen LogP contribution >= 0.6 is 0 Å². The number of hydrogen-bond donors (Lipinski definition) is 2. The van der Waals surface area contributed by atoms with Gasteiger partial charge in [-0.3, -0.25) is 9.78 Å². The number of hydrogen-bond acceptors (Lipinski definition) is 4. The Kier molecular flexibility index (Phi) is 3.58. The second kappa shape index (κ2) is 5.14. The van der Waals surface area contributed by atoms with Crippen LogP contribution < -0.4 is 16.4 Å². The fourth-order valence-corrected chi connectivity index (χ4v) is 2.29. The van der Waals surface area contributed by atoms with Crippen molar-refractivity contribution in [3.8, 4) is 0 Å². The fraction of sp³-hybridized carbons (Fsp3) is 0.500. The Bertz CT molecular complexity index is 407. The number of pyridine rings is 1. The minimum Gasteiger partial charge on any atom is -0.368 e. The summed E-state index contributed by atoms with van der Waals surface area (Å²) in [5, 5.41) is 0. The van der Waals surface area contributed by atoms with Crippen LogP contribution in [0.2, 0.25) is 0 Å². The first-order valence-corrected chi connectivity index (χ1v) is 5.93. The van der Waals surface area contributed by atoms with Crippen LogP contribution in [0.15, 0.2) is 18.3 Å². The van der Waals surface area contributed by atoms with E-state index in [0.29, 0.717) is 6.54 Å². The Morgan fingerprint density at radius 3 is 3.06 bits per heavy atom. The predicted molar refractivity (Wildman–Crippen MR) is 66.3 cm³/mol. The van der Waals surface area contributed by atoms with Gasteiger partial charge in [0.25, 0.3) is 0 Å². The lowest BCUT2D eigenvalue weighted by Crippen LogP contribution is -2.47. The molecular formula is C12H18N4O. The molecule has 1 atom stereocenters. The molecule has 5 heteroatoms. The summed E-state index contributed by atoms with van der Waals surface area (Å²) >= 11 is 0. The highest BCUT2D eigenvalue weighted by Gasteiger charge is 2.27. The van der Waals surface area contributed by atoms with E-state index in [1.807, 2.05) is 12.1 Å². The molecule has 0 aromatic carbocycles. The van der Waals surface area contributed by atoms with Crippen LogP contribution in [0.25, 0.3) is 0 Å². The lowest BCUT2D eigenvalue weighted by Gasteiger charge is -2.35. The molecular weight excluding hydrogens is 216 g/mol. The van der Waals surface area contributed by atoms with Crippen LogP contribution in [0.5, 0.6) is 0 Å². The van der Waals surface area contributed by atoms with Crippen molar-refractivity contribution in [2.75, 3.05) is 11.4 Å². The molecule has 1 aromatic rings. The van der Waals surface area contributed by atoms with Gasteiger partial charge in [0.15, 0.2) is 0 Å². The first-order chi connectivity index (χ1) is 8.22. The topological polar surface area (TPSA) is 85.2 Å². The van der Waals surface area contributed by atoms with Crippen molar-refractivity contribution < 1.29 is 4.79 Å². The monoisotopic (exact) mass is 234 g/mol. The zero-order valence-electron chi connectivity index (χ0n) is 9.80. The third-order valence-corrected chi connectivity index (χ3v) is 3.17. The zero-order valence-corrected chi connectivity index (χ0v) is 9.80. The molecule has 17 heavy (non-hydrogen) atoms. The number of aromatic nitrogens is 1. The molecule has 0 radical (unpaired) electrons. The van der Waals surface area contributed by atoms with Crippen molar-refractivity contribution in [3.05, 3.63) is 24.0 Å². The molecule has 92 valence electrons. The fourth-order valence-electron chi connectivity index (χ4n) is 2.29. The third-order valence-electron chi connectivity index (χ3n) is 3.17. The SMILES string of the molecule is NCc1cc(N2CCCCC2C(N)=O)ccn1. The molecule has 1 unspecified atom stereocenters. The minimum absolute atomic E-state index is 0.197. The number of carbonyl (C=O) groups is 1. The molecule has 1 amide bonds. The Labute approximate surface area is 101 Å². The molecule has 2 heterocycles. The van der Waals surface area contributed by atoms with E-state index >= 15 is 0 Å². The standard InChI is InChI=1S/C12H18N4O/c13-8-9-7-10(4-5-15-9)16-6-2-1-3-11(16)12(14)17/h4-5,7,11H,1-3,6,8,13H2,(H2,14,17). The quantitative estimate of drug-likeness (QED) is 0.792. The summed E-state index contributed by atoms with van der Waals surface area (Å²) < 4.78 is 0. The molecule has 4 N–H and O–H groups in total. The van der Waals surface area contributed by atoms with Crippen molar-refractivity contribution in [1.82, 2.24) is 4.98 Å². The molecule has 1 fully saturated rings. The molecule has 0 bridgehead atoms. The van der Waals surface area contributed by atoms with E-state index in [2.05, 4.69) is 9.88 Å². The molecule has 0 aliphatic carbocycles. The number of carbonyl (C=O) groups excluding carboxylic acids is 1. The second-order valence-electron chi connectivity index (χ2n) is 4.32. The molecule has 0 spiro atoms. The van der Waals surface area contributed by atoms with Gasteiger partial charge in [-0.15, -0.1) is 0 Å². The molecule has 2 rings (SSSR count). The minimum atomic E-state index is -0.254. The van der Waals surface area contributed by atoms with Crippen LogP contribution in [-0.4, -0.2) is 23.5 Å². The summed E-state index contributed by atoms with van der Waals surface area (Å²) in [6, 6.07) is 3.64. The summed E-state index contributed by atoms with van der Waals surface area (Å²) in [6.07, 6.45) is 4.70. The van der Waals surface area contributed by atoms with Gasteiger partial charge < -0.3 is 16.4 Å². The maximum absolute atomic E-state index is 11.4. The van der Waals surface area contributed by atoms with Crippen LogP contribution in [0.3, 0.4) is 0 Å². The molecule has 1 aromatic heterocycles. The van der Waals surface area contributed by atoms with Gasteiger partial charge in [-0.05, 0) is 31.4 Å². The summed E-state index contributed by atoms with van der Waals surface area (Å²) in [5.41, 5.74) is 12.8. The van der Waals surface area contributed by atoms with E-state index in [4.69, 9.17) is 11.5 Å². The van der Waals surface area contributed by atoms with Gasteiger partial charge in [0.1, 0.15) is 6.04 Å². The number of nitrogens with two attached hydrogens (primary N) is 2. The molecule has 0 saturated carbocycles. The van der Waals surface area contributed by atoms with Gasteiger partial charge in [0.2, 0.25) is 5.91 Å². The highest BCUT2D eigenvalue weighted by Crippen LogP contribution is 2.24. The summed E-state index contributed by atoms with van der Waals surface area (Å²) in [6.45, 7) is 1.27. The van der Waals surface area contributed by atoms with Gasteiger partial charge in [0.05, 0.1) is 5.69 Å². The Hall–Kier alpha value is -1.62. The first kappa shape index (κ1) is 11.9. The summed E-state index contributed by atoms with van der Waals surface area (Å²) in [7, 11) is 0. The van der Waals surface area contributed by atoms with Gasteiger partial charge in [0, 0.05) is 25.0 Å². The lowest BCUT2D eigenvalue weighted by atomic mass is 10.0. The molecule has 1 aliphatic rings. The summed E-state index contributed by atoms with van der Waals surface area (Å²) in [5.74, 6) is -0.254. The molecule has 1 aliphatic heterocycles. The number of anilines is 1. The third kappa shape index (κ3) is 2.55. The highest BCUT2D eigenvalue weighted by atomic mass is 16.1. The van der Waals surface area contributed by atoms with Crippen LogP contribution in [0.1, 0.15) is 25.0 Å². The van der Waals surface area contributed by atoms with E-state index in [-0.39, 0.29) is 11.9 Å². The van der Waals surface area contributed by atoms with E-state index < -0.39 is 0 Å². The number of primary amides is 1. The maximum atomic E-state index is 11.4. The van der Waals surface area contributed by atoms with Crippen LogP contribution in [0, 0.1) is 0 Å². The summed E-state index contributed by atoms with van der Waals surface area (Å²) in [4.78, 5) is 17.6. The zero-order chi connectivity index (χ0) is 12.3. The lowest BCUT2D eigenvalue weighted by molar-refractivity contribution is -0.119. The predicted octanol–water partition coefficient (Wildman–Crippen LogP) is 0.385. The van der Waals surface area contributed by atoms with Gasteiger partial charge >= 0.3 is 0 Å². The molecule has 5 nitrogen and oxygen atoms in total. The van der Waals surface area contributed by atoms with Crippen molar-refractivity contribution in [1.29, 1.82) is 0 Å². The van der Waals surface area contributed by atoms with Gasteiger partial charge in [-0.2, -0.15) is 0 Å². The number of piperidine rings is 1. The Morgan fingerprint density at radius 1 is 1.53 bits per heavy atom. The van der Waals surface area contributed by atoms with E-state index in [0.717, 1.165) is 37.2 Å².